The fourth-order valence-corrected chi connectivity index (χ4v) is 3.05. The molecule has 0 radical (unpaired) electrons. The number of hydrogen-bond acceptors (Lipinski definition) is 3. The number of fused-ring (bicyclic) bond motifs is 1. The van der Waals surface area contributed by atoms with Crippen LogP contribution in [0.2, 0.25) is 0 Å². The monoisotopic (exact) mass is 246 g/mol. The highest BCUT2D eigenvalue weighted by molar-refractivity contribution is 5.31. The van der Waals surface area contributed by atoms with Crippen LogP contribution in [-0.2, 0) is 6.54 Å². The molecule has 0 saturated heterocycles. The summed E-state index contributed by atoms with van der Waals surface area (Å²) in [5.74, 6) is 0.670. The van der Waals surface area contributed by atoms with Crippen LogP contribution in [0.15, 0.2) is 24.3 Å². The Balaban J connectivity index is 1.64. The average molecular weight is 246 g/mol. The molecule has 1 aromatic rings. The minimum atomic E-state index is -0.0418. The molecule has 1 aliphatic carbocycles. The molecule has 3 rings (SSSR count). The summed E-state index contributed by atoms with van der Waals surface area (Å²) in [6.07, 6.45) is 3.05. The van der Waals surface area contributed by atoms with E-state index >= 15 is 0 Å². The predicted octanol–water partition coefficient (Wildman–Crippen LogP) is 1.58. The molecular weight excluding hydrogens is 224 g/mol. The summed E-state index contributed by atoms with van der Waals surface area (Å²) in [6.45, 7) is 3.09. The van der Waals surface area contributed by atoms with Crippen LogP contribution >= 0.6 is 0 Å². The molecule has 1 aromatic carbocycles. The first-order valence-electron chi connectivity index (χ1n) is 7.03. The second-order valence-electron chi connectivity index (χ2n) is 5.62. The number of rotatable bonds is 3. The van der Waals surface area contributed by atoms with E-state index in [0.717, 1.165) is 38.9 Å². The van der Waals surface area contributed by atoms with Crippen LogP contribution in [-0.4, -0.2) is 24.3 Å². The van der Waals surface area contributed by atoms with Crippen molar-refractivity contribution in [1.29, 1.82) is 0 Å². The zero-order chi connectivity index (χ0) is 12.4. The van der Waals surface area contributed by atoms with Gasteiger partial charge >= 0.3 is 0 Å². The molecule has 0 amide bonds. The van der Waals surface area contributed by atoms with Gasteiger partial charge in [-0.2, -0.15) is 0 Å². The fraction of sp³-hybridized carbons (Fsp3) is 0.600. The normalized spacial score (nSPS) is 31.3. The lowest BCUT2D eigenvalue weighted by Gasteiger charge is -2.33. The topological polar surface area (TPSA) is 44.3 Å². The van der Waals surface area contributed by atoms with Crippen LogP contribution in [0.1, 0.15) is 36.4 Å². The Morgan fingerprint density at radius 1 is 1.28 bits per heavy atom. The second-order valence-corrected chi connectivity index (χ2v) is 5.62. The number of aliphatic hydroxyl groups excluding tert-OH is 1. The number of nitrogens with one attached hydrogen (secondary N) is 2. The summed E-state index contributed by atoms with van der Waals surface area (Å²) in [7, 11) is 0. The van der Waals surface area contributed by atoms with Gasteiger partial charge in [0.2, 0.25) is 0 Å². The molecule has 1 saturated carbocycles. The van der Waals surface area contributed by atoms with Crippen LogP contribution in [0, 0.1) is 5.92 Å². The first kappa shape index (κ1) is 12.2. The van der Waals surface area contributed by atoms with Crippen molar-refractivity contribution in [1.82, 2.24) is 10.6 Å². The van der Waals surface area contributed by atoms with Crippen molar-refractivity contribution in [2.75, 3.05) is 13.1 Å². The zero-order valence-corrected chi connectivity index (χ0v) is 10.7. The van der Waals surface area contributed by atoms with E-state index in [1.54, 1.807) is 0 Å². The molecule has 1 fully saturated rings. The number of hydrogen-bond donors (Lipinski definition) is 3. The van der Waals surface area contributed by atoms with Crippen molar-refractivity contribution in [2.45, 2.75) is 38.0 Å². The molecule has 1 atom stereocenters. The summed E-state index contributed by atoms with van der Waals surface area (Å²) >= 11 is 0. The molecule has 18 heavy (non-hydrogen) atoms. The Morgan fingerprint density at radius 2 is 2.11 bits per heavy atom. The van der Waals surface area contributed by atoms with Crippen molar-refractivity contribution >= 4 is 0 Å². The average Bonchev–Trinajstić information content (AvgIpc) is 2.56. The zero-order valence-electron chi connectivity index (χ0n) is 10.7. The van der Waals surface area contributed by atoms with Gasteiger partial charge < -0.3 is 15.7 Å². The quantitative estimate of drug-likeness (QED) is 0.759. The molecule has 2 aliphatic rings. The lowest BCUT2D eigenvalue weighted by Crippen LogP contribution is -2.37. The minimum Gasteiger partial charge on any atom is -0.393 e. The molecule has 3 N–H and O–H groups in total. The first-order chi connectivity index (χ1) is 8.83. The largest absolute Gasteiger partial charge is 0.393 e. The molecule has 1 heterocycles. The molecule has 98 valence electrons. The standard InChI is InChI=1S/C15H22N2O/c18-13-7-11(8-13)9-17-15-5-6-16-10-12-3-1-2-4-14(12)15/h1-4,11,13,15-18H,5-10H2. The van der Waals surface area contributed by atoms with Gasteiger partial charge in [0.25, 0.3) is 0 Å². The fourth-order valence-electron chi connectivity index (χ4n) is 3.05. The van der Waals surface area contributed by atoms with Crippen LogP contribution < -0.4 is 10.6 Å². The maximum absolute atomic E-state index is 9.32. The van der Waals surface area contributed by atoms with Gasteiger partial charge in [-0.15, -0.1) is 0 Å². The van der Waals surface area contributed by atoms with Crippen molar-refractivity contribution in [3.63, 3.8) is 0 Å². The summed E-state index contributed by atoms with van der Waals surface area (Å²) in [6, 6.07) is 9.18. The summed E-state index contributed by atoms with van der Waals surface area (Å²) < 4.78 is 0. The van der Waals surface area contributed by atoms with Crippen molar-refractivity contribution < 1.29 is 5.11 Å². The maximum Gasteiger partial charge on any atom is 0.0546 e. The van der Waals surface area contributed by atoms with Gasteiger partial charge in [0, 0.05) is 12.6 Å². The van der Waals surface area contributed by atoms with E-state index in [4.69, 9.17) is 0 Å². The van der Waals surface area contributed by atoms with E-state index in [2.05, 4.69) is 34.9 Å². The third kappa shape index (κ3) is 2.58. The van der Waals surface area contributed by atoms with E-state index < -0.39 is 0 Å². The van der Waals surface area contributed by atoms with Crippen LogP contribution in [0.3, 0.4) is 0 Å². The Bertz CT molecular complexity index is 401. The number of benzene rings is 1. The minimum absolute atomic E-state index is 0.0418. The van der Waals surface area contributed by atoms with Crippen molar-refractivity contribution in [2.24, 2.45) is 5.92 Å². The van der Waals surface area contributed by atoms with Crippen molar-refractivity contribution in [3.8, 4) is 0 Å². The van der Waals surface area contributed by atoms with Gasteiger partial charge in [0.05, 0.1) is 6.10 Å². The Hall–Kier alpha value is -0.900. The Morgan fingerprint density at radius 3 is 2.94 bits per heavy atom. The van der Waals surface area contributed by atoms with Gasteiger partial charge in [0.1, 0.15) is 0 Å². The van der Waals surface area contributed by atoms with E-state index in [1.165, 1.54) is 11.1 Å². The summed E-state index contributed by atoms with van der Waals surface area (Å²) in [5, 5.41) is 16.5. The third-order valence-electron chi connectivity index (χ3n) is 4.22. The highest BCUT2D eigenvalue weighted by atomic mass is 16.3. The lowest BCUT2D eigenvalue weighted by molar-refractivity contribution is 0.0417. The van der Waals surface area contributed by atoms with Gasteiger partial charge in [-0.3, -0.25) is 0 Å². The SMILES string of the molecule is OC1CC(CNC2CCNCc3ccccc32)C1. The molecule has 1 unspecified atom stereocenters. The predicted molar refractivity (Wildman–Crippen MR) is 72.2 cm³/mol. The van der Waals surface area contributed by atoms with Gasteiger partial charge in [-0.1, -0.05) is 24.3 Å². The van der Waals surface area contributed by atoms with Crippen LogP contribution in [0.25, 0.3) is 0 Å². The lowest BCUT2D eigenvalue weighted by atomic mass is 9.82. The molecule has 0 aromatic heterocycles. The van der Waals surface area contributed by atoms with Gasteiger partial charge in [-0.25, -0.2) is 0 Å². The maximum atomic E-state index is 9.32. The highest BCUT2D eigenvalue weighted by Gasteiger charge is 2.28. The van der Waals surface area contributed by atoms with E-state index in [0.29, 0.717) is 12.0 Å². The van der Waals surface area contributed by atoms with Gasteiger partial charge in [0.15, 0.2) is 0 Å². The molecule has 0 bridgehead atoms. The molecule has 0 spiro atoms. The summed E-state index contributed by atoms with van der Waals surface area (Å²) in [4.78, 5) is 0. The summed E-state index contributed by atoms with van der Waals surface area (Å²) in [5.41, 5.74) is 2.86. The first-order valence-corrected chi connectivity index (χ1v) is 7.03. The van der Waals surface area contributed by atoms with Crippen molar-refractivity contribution in [3.05, 3.63) is 35.4 Å². The third-order valence-corrected chi connectivity index (χ3v) is 4.22. The van der Waals surface area contributed by atoms with E-state index in [-0.39, 0.29) is 6.10 Å². The Labute approximate surface area is 109 Å². The highest BCUT2D eigenvalue weighted by Crippen LogP contribution is 2.28. The van der Waals surface area contributed by atoms with Gasteiger partial charge in [-0.05, 0) is 49.4 Å². The second kappa shape index (κ2) is 5.39. The number of aliphatic hydroxyl groups is 1. The van der Waals surface area contributed by atoms with Crippen LogP contribution in [0.4, 0.5) is 0 Å². The van der Waals surface area contributed by atoms with Crippen LogP contribution in [0.5, 0.6) is 0 Å². The molecule has 3 heteroatoms. The smallest absolute Gasteiger partial charge is 0.0546 e. The molecule has 3 nitrogen and oxygen atoms in total. The molecular formula is C15H22N2O. The van der Waals surface area contributed by atoms with E-state index in [1.807, 2.05) is 0 Å². The van der Waals surface area contributed by atoms with E-state index in [9.17, 15) is 5.11 Å². The Kier molecular flexibility index (Phi) is 3.64. The molecule has 1 aliphatic heterocycles.